The SMILES string of the molecule is CCCN(CC(=O)N(Cc1ccc2c(c1)OCO2)Cc1ccc(C)o1)C(=O)COC. The van der Waals surface area contributed by atoms with Crippen LogP contribution < -0.4 is 9.47 Å². The van der Waals surface area contributed by atoms with Gasteiger partial charge in [-0.2, -0.15) is 0 Å². The third kappa shape index (κ3) is 5.54. The molecule has 0 bridgehead atoms. The minimum Gasteiger partial charge on any atom is -0.464 e. The molecule has 2 amide bonds. The number of amides is 2. The third-order valence-corrected chi connectivity index (χ3v) is 4.75. The Morgan fingerprint density at radius 1 is 1.03 bits per heavy atom. The van der Waals surface area contributed by atoms with Crippen molar-refractivity contribution in [3.8, 4) is 11.5 Å². The molecule has 1 aliphatic rings. The Bertz CT molecular complexity index is 878. The van der Waals surface area contributed by atoms with E-state index >= 15 is 0 Å². The summed E-state index contributed by atoms with van der Waals surface area (Å²) < 4.78 is 21.4. The van der Waals surface area contributed by atoms with Gasteiger partial charge in [-0.25, -0.2) is 0 Å². The smallest absolute Gasteiger partial charge is 0.249 e. The van der Waals surface area contributed by atoms with Crippen LogP contribution in [-0.2, 0) is 27.4 Å². The Hall–Kier alpha value is -3.00. The van der Waals surface area contributed by atoms with Crippen molar-refractivity contribution in [2.75, 3.05) is 33.6 Å². The van der Waals surface area contributed by atoms with E-state index in [2.05, 4.69) is 0 Å². The van der Waals surface area contributed by atoms with E-state index in [-0.39, 0.29) is 31.8 Å². The molecule has 3 rings (SSSR count). The monoisotopic (exact) mass is 416 g/mol. The number of hydrogen-bond donors (Lipinski definition) is 0. The molecule has 0 N–H and O–H groups in total. The van der Waals surface area contributed by atoms with Crippen molar-refractivity contribution >= 4 is 11.8 Å². The van der Waals surface area contributed by atoms with Gasteiger partial charge in [0.1, 0.15) is 18.1 Å². The predicted octanol–water partition coefficient (Wildman–Crippen LogP) is 2.73. The molecule has 0 atom stereocenters. The topological polar surface area (TPSA) is 81.5 Å². The fourth-order valence-electron chi connectivity index (χ4n) is 3.29. The summed E-state index contributed by atoms with van der Waals surface area (Å²) in [6, 6.07) is 9.33. The maximum Gasteiger partial charge on any atom is 0.249 e. The van der Waals surface area contributed by atoms with Crippen LogP contribution in [0.2, 0.25) is 0 Å². The largest absolute Gasteiger partial charge is 0.464 e. The van der Waals surface area contributed by atoms with Gasteiger partial charge in [0.25, 0.3) is 0 Å². The highest BCUT2D eigenvalue weighted by atomic mass is 16.7. The van der Waals surface area contributed by atoms with Crippen LogP contribution in [0.15, 0.2) is 34.7 Å². The molecule has 8 nitrogen and oxygen atoms in total. The zero-order chi connectivity index (χ0) is 21.5. The summed E-state index contributed by atoms with van der Waals surface area (Å²) in [4.78, 5) is 28.7. The number of carbonyl (C=O) groups excluding carboxylic acids is 2. The van der Waals surface area contributed by atoms with Crippen LogP contribution in [0, 0.1) is 6.92 Å². The second-order valence-electron chi connectivity index (χ2n) is 7.20. The zero-order valence-corrected chi connectivity index (χ0v) is 17.7. The minimum atomic E-state index is -0.204. The van der Waals surface area contributed by atoms with Crippen molar-refractivity contribution in [1.82, 2.24) is 9.80 Å². The van der Waals surface area contributed by atoms with Gasteiger partial charge in [0.2, 0.25) is 18.6 Å². The molecule has 0 aliphatic carbocycles. The summed E-state index contributed by atoms with van der Waals surface area (Å²) in [5.41, 5.74) is 0.904. The number of nitrogens with zero attached hydrogens (tertiary/aromatic N) is 2. The molecule has 162 valence electrons. The van der Waals surface area contributed by atoms with Gasteiger partial charge in [0.05, 0.1) is 13.1 Å². The number of rotatable bonds is 10. The Labute approximate surface area is 176 Å². The second-order valence-corrected chi connectivity index (χ2v) is 7.20. The van der Waals surface area contributed by atoms with Gasteiger partial charge in [-0.05, 0) is 43.2 Å². The molecule has 0 spiro atoms. The first-order chi connectivity index (χ1) is 14.5. The van der Waals surface area contributed by atoms with E-state index in [4.69, 9.17) is 18.6 Å². The van der Waals surface area contributed by atoms with E-state index in [9.17, 15) is 9.59 Å². The molecule has 1 aromatic heterocycles. The van der Waals surface area contributed by atoms with Gasteiger partial charge < -0.3 is 28.4 Å². The third-order valence-electron chi connectivity index (χ3n) is 4.75. The summed E-state index contributed by atoms with van der Waals surface area (Å²) >= 11 is 0. The van der Waals surface area contributed by atoms with Gasteiger partial charge in [-0.1, -0.05) is 13.0 Å². The molecule has 2 aromatic rings. The Kier molecular flexibility index (Phi) is 7.35. The molecule has 0 radical (unpaired) electrons. The highest BCUT2D eigenvalue weighted by molar-refractivity contribution is 5.85. The molecule has 0 fully saturated rings. The van der Waals surface area contributed by atoms with Gasteiger partial charge in [0.15, 0.2) is 11.5 Å². The van der Waals surface area contributed by atoms with Crippen LogP contribution in [-0.4, -0.2) is 55.2 Å². The van der Waals surface area contributed by atoms with E-state index in [0.29, 0.717) is 36.9 Å². The summed E-state index contributed by atoms with van der Waals surface area (Å²) in [6.45, 7) is 5.11. The second kappa shape index (κ2) is 10.2. The average molecular weight is 416 g/mol. The van der Waals surface area contributed by atoms with Gasteiger partial charge in [0, 0.05) is 20.2 Å². The summed E-state index contributed by atoms with van der Waals surface area (Å²) in [5, 5.41) is 0. The summed E-state index contributed by atoms with van der Waals surface area (Å²) in [5.74, 6) is 2.45. The lowest BCUT2D eigenvalue weighted by atomic mass is 10.2. The lowest BCUT2D eigenvalue weighted by Crippen LogP contribution is -2.43. The van der Waals surface area contributed by atoms with Crippen molar-refractivity contribution < 1.29 is 28.2 Å². The summed E-state index contributed by atoms with van der Waals surface area (Å²) in [7, 11) is 1.47. The normalized spacial score (nSPS) is 12.1. The van der Waals surface area contributed by atoms with E-state index in [1.165, 1.54) is 12.0 Å². The van der Waals surface area contributed by atoms with Crippen molar-refractivity contribution in [3.05, 3.63) is 47.4 Å². The van der Waals surface area contributed by atoms with E-state index in [1.54, 1.807) is 4.90 Å². The molecule has 1 aromatic carbocycles. The van der Waals surface area contributed by atoms with Crippen LogP contribution >= 0.6 is 0 Å². The van der Waals surface area contributed by atoms with Crippen LogP contribution in [0.1, 0.15) is 30.4 Å². The van der Waals surface area contributed by atoms with Crippen molar-refractivity contribution in [1.29, 1.82) is 0 Å². The molecule has 1 aliphatic heterocycles. The molecular formula is C22H28N2O6. The van der Waals surface area contributed by atoms with Gasteiger partial charge in [-0.3, -0.25) is 9.59 Å². The number of benzene rings is 1. The number of carbonyl (C=O) groups is 2. The number of ether oxygens (including phenoxy) is 3. The van der Waals surface area contributed by atoms with Gasteiger partial charge >= 0.3 is 0 Å². The predicted molar refractivity (Wildman–Crippen MR) is 109 cm³/mol. The van der Waals surface area contributed by atoms with Crippen molar-refractivity contribution in [3.63, 3.8) is 0 Å². The highest BCUT2D eigenvalue weighted by Gasteiger charge is 2.23. The molecule has 0 saturated heterocycles. The number of hydrogen-bond acceptors (Lipinski definition) is 6. The number of aryl methyl sites for hydroxylation is 1. The fourth-order valence-corrected chi connectivity index (χ4v) is 3.29. The first-order valence-electron chi connectivity index (χ1n) is 9.98. The molecule has 0 saturated carbocycles. The van der Waals surface area contributed by atoms with Crippen LogP contribution in [0.3, 0.4) is 0 Å². The highest BCUT2D eigenvalue weighted by Crippen LogP contribution is 2.33. The Morgan fingerprint density at radius 3 is 2.53 bits per heavy atom. The maximum absolute atomic E-state index is 13.2. The summed E-state index contributed by atoms with van der Waals surface area (Å²) in [6.07, 6.45) is 0.752. The quantitative estimate of drug-likeness (QED) is 0.592. The number of methoxy groups -OCH3 is 1. The molecular weight excluding hydrogens is 388 g/mol. The maximum atomic E-state index is 13.2. The molecule has 8 heteroatoms. The lowest BCUT2D eigenvalue weighted by molar-refractivity contribution is -0.143. The number of furan rings is 1. The Balaban J connectivity index is 1.77. The molecule has 30 heavy (non-hydrogen) atoms. The molecule has 2 heterocycles. The number of fused-ring (bicyclic) bond motifs is 1. The van der Waals surface area contributed by atoms with Crippen molar-refractivity contribution in [2.45, 2.75) is 33.4 Å². The first kappa shape index (κ1) is 21.7. The van der Waals surface area contributed by atoms with E-state index in [1.807, 2.05) is 44.2 Å². The van der Waals surface area contributed by atoms with E-state index < -0.39 is 0 Å². The minimum absolute atomic E-state index is 0.0136. The zero-order valence-electron chi connectivity index (χ0n) is 17.7. The van der Waals surface area contributed by atoms with Gasteiger partial charge in [-0.15, -0.1) is 0 Å². The van der Waals surface area contributed by atoms with Crippen LogP contribution in [0.4, 0.5) is 0 Å². The van der Waals surface area contributed by atoms with E-state index in [0.717, 1.165) is 17.7 Å². The van der Waals surface area contributed by atoms with Crippen molar-refractivity contribution in [2.24, 2.45) is 0 Å². The first-order valence-corrected chi connectivity index (χ1v) is 9.98. The average Bonchev–Trinajstić information content (AvgIpc) is 3.35. The lowest BCUT2D eigenvalue weighted by Gasteiger charge is -2.27. The molecule has 0 unspecified atom stereocenters. The Morgan fingerprint density at radius 2 is 1.83 bits per heavy atom. The fraction of sp³-hybridized carbons (Fsp3) is 0.455. The van der Waals surface area contributed by atoms with Crippen LogP contribution in [0.25, 0.3) is 0 Å². The van der Waals surface area contributed by atoms with Crippen LogP contribution in [0.5, 0.6) is 11.5 Å². The standard InChI is InChI=1S/C22H28N2O6/c1-4-9-23(22(26)14-27-3)13-21(25)24(12-18-7-5-16(2)30-18)11-17-6-8-19-20(10-17)29-15-28-19/h5-8,10H,4,9,11-15H2,1-3H3.